The van der Waals surface area contributed by atoms with Crippen LogP contribution in [0.3, 0.4) is 0 Å². The molecule has 0 radical (unpaired) electrons. The van der Waals surface area contributed by atoms with E-state index >= 15 is 0 Å². The summed E-state index contributed by atoms with van der Waals surface area (Å²) in [6.07, 6.45) is 1.88. The fraction of sp³-hybridized carbons (Fsp3) is 0.667. The molecule has 0 saturated carbocycles. The predicted molar refractivity (Wildman–Crippen MR) is 54.5 cm³/mol. The first-order valence-electron chi connectivity index (χ1n) is 4.44. The summed E-state index contributed by atoms with van der Waals surface area (Å²) in [5.74, 6) is 0.565. The van der Waals surface area contributed by atoms with Gasteiger partial charge >= 0.3 is 0 Å². The average molecular weight is 200 g/mol. The van der Waals surface area contributed by atoms with Gasteiger partial charge in [-0.3, -0.25) is 0 Å². The fourth-order valence-electron chi connectivity index (χ4n) is 0.835. The molecule has 0 amide bonds. The largest absolute Gasteiger partial charge is 0.301 e. The zero-order valence-electron chi connectivity index (χ0n) is 8.33. The Morgan fingerprint density at radius 1 is 1.62 bits per heavy atom. The van der Waals surface area contributed by atoms with Gasteiger partial charge in [0.1, 0.15) is 0 Å². The van der Waals surface area contributed by atoms with E-state index in [4.69, 9.17) is 4.84 Å². The fourth-order valence-corrected chi connectivity index (χ4v) is 1.56. The number of thiazole rings is 1. The first-order valence-corrected chi connectivity index (χ1v) is 5.26. The molecule has 0 aliphatic carbocycles. The van der Waals surface area contributed by atoms with E-state index in [-0.39, 0.29) is 0 Å². The molecule has 1 rings (SSSR count). The lowest BCUT2D eigenvalue weighted by molar-refractivity contribution is 0.0201. The molecule has 0 fully saturated rings. The van der Waals surface area contributed by atoms with Crippen molar-refractivity contribution in [3.05, 3.63) is 16.1 Å². The van der Waals surface area contributed by atoms with Crippen LogP contribution in [-0.4, -0.2) is 11.6 Å². The van der Waals surface area contributed by atoms with Crippen LogP contribution in [0.25, 0.3) is 0 Å². The van der Waals surface area contributed by atoms with Crippen molar-refractivity contribution < 1.29 is 4.84 Å². The van der Waals surface area contributed by atoms with Crippen LogP contribution < -0.4 is 5.48 Å². The number of nitrogens with one attached hydrogen (secondary N) is 1. The second kappa shape index (κ2) is 5.32. The zero-order valence-corrected chi connectivity index (χ0v) is 9.15. The summed E-state index contributed by atoms with van der Waals surface area (Å²) in [7, 11) is 0. The maximum atomic E-state index is 5.24. The van der Waals surface area contributed by atoms with Crippen LogP contribution in [0.4, 0.5) is 0 Å². The van der Waals surface area contributed by atoms with Gasteiger partial charge in [-0.1, -0.05) is 13.8 Å². The van der Waals surface area contributed by atoms with Gasteiger partial charge in [-0.2, -0.15) is 5.48 Å². The lowest BCUT2D eigenvalue weighted by atomic mass is 10.2. The molecule has 0 unspecified atom stereocenters. The minimum absolute atomic E-state index is 0.565. The van der Waals surface area contributed by atoms with Gasteiger partial charge in [-0.15, -0.1) is 11.3 Å². The molecular weight excluding hydrogens is 184 g/mol. The number of hydroxylamine groups is 1. The zero-order chi connectivity index (χ0) is 9.68. The summed E-state index contributed by atoms with van der Waals surface area (Å²) in [6.45, 7) is 7.75. The molecule has 3 nitrogen and oxygen atoms in total. The van der Waals surface area contributed by atoms with Crippen molar-refractivity contribution in [2.45, 2.75) is 27.3 Å². The van der Waals surface area contributed by atoms with Crippen LogP contribution >= 0.6 is 11.3 Å². The molecule has 0 saturated heterocycles. The maximum absolute atomic E-state index is 5.24. The van der Waals surface area contributed by atoms with Gasteiger partial charge in [0.2, 0.25) is 0 Å². The smallest absolute Gasteiger partial charge is 0.0897 e. The highest BCUT2D eigenvalue weighted by Crippen LogP contribution is 2.10. The highest BCUT2D eigenvalue weighted by Gasteiger charge is 1.98. The summed E-state index contributed by atoms with van der Waals surface area (Å²) < 4.78 is 0. The van der Waals surface area contributed by atoms with Crippen molar-refractivity contribution in [3.8, 4) is 0 Å². The van der Waals surface area contributed by atoms with Crippen LogP contribution in [-0.2, 0) is 11.4 Å². The van der Waals surface area contributed by atoms with Crippen LogP contribution in [0.2, 0.25) is 0 Å². The second-order valence-electron chi connectivity index (χ2n) is 3.37. The van der Waals surface area contributed by atoms with E-state index in [0.29, 0.717) is 5.92 Å². The molecule has 1 aromatic rings. The van der Waals surface area contributed by atoms with Gasteiger partial charge in [-0.25, -0.2) is 4.98 Å². The van der Waals surface area contributed by atoms with Crippen molar-refractivity contribution in [2.24, 2.45) is 5.92 Å². The standard InChI is InChI=1S/C9H16N2OS/c1-7(2)6-12-11-5-9-4-10-8(3)13-9/h4,7,11H,5-6H2,1-3H3. The Morgan fingerprint density at radius 3 is 2.92 bits per heavy atom. The Morgan fingerprint density at radius 2 is 2.38 bits per heavy atom. The first-order chi connectivity index (χ1) is 6.18. The average Bonchev–Trinajstić information content (AvgIpc) is 2.45. The molecule has 4 heteroatoms. The van der Waals surface area contributed by atoms with Gasteiger partial charge < -0.3 is 4.84 Å². The molecule has 1 aromatic heterocycles. The summed E-state index contributed by atoms with van der Waals surface area (Å²) in [6, 6.07) is 0. The summed E-state index contributed by atoms with van der Waals surface area (Å²) in [5, 5.41) is 1.10. The van der Waals surface area contributed by atoms with Crippen molar-refractivity contribution in [3.63, 3.8) is 0 Å². The Labute approximate surface area is 83.1 Å². The van der Waals surface area contributed by atoms with Gasteiger partial charge in [0.25, 0.3) is 0 Å². The van der Waals surface area contributed by atoms with E-state index in [2.05, 4.69) is 24.3 Å². The Kier molecular flexibility index (Phi) is 4.35. The van der Waals surface area contributed by atoms with E-state index < -0.39 is 0 Å². The first kappa shape index (κ1) is 10.6. The third-order valence-corrected chi connectivity index (χ3v) is 2.35. The SMILES string of the molecule is Cc1ncc(CNOCC(C)C)s1. The van der Waals surface area contributed by atoms with Gasteiger partial charge in [0.05, 0.1) is 18.2 Å². The Balaban J connectivity index is 2.13. The molecule has 13 heavy (non-hydrogen) atoms. The number of hydrogen-bond acceptors (Lipinski definition) is 4. The van der Waals surface area contributed by atoms with Crippen molar-refractivity contribution in [1.82, 2.24) is 10.5 Å². The monoisotopic (exact) mass is 200 g/mol. The number of hydrogen-bond donors (Lipinski definition) is 1. The summed E-state index contributed by atoms with van der Waals surface area (Å²) in [4.78, 5) is 10.6. The normalized spacial score (nSPS) is 11.1. The molecule has 0 bridgehead atoms. The molecule has 0 spiro atoms. The van der Waals surface area contributed by atoms with Crippen molar-refractivity contribution in [2.75, 3.05) is 6.61 Å². The van der Waals surface area contributed by atoms with Crippen LogP contribution in [0.5, 0.6) is 0 Å². The molecule has 0 aliphatic heterocycles. The molecule has 1 N–H and O–H groups in total. The van der Waals surface area contributed by atoms with E-state index in [1.807, 2.05) is 13.1 Å². The van der Waals surface area contributed by atoms with Crippen LogP contribution in [0.15, 0.2) is 6.20 Å². The Hall–Kier alpha value is -0.450. The highest BCUT2D eigenvalue weighted by molar-refractivity contribution is 7.11. The third-order valence-electron chi connectivity index (χ3n) is 1.43. The molecule has 0 aliphatic rings. The van der Waals surface area contributed by atoms with E-state index in [0.717, 1.165) is 18.2 Å². The third kappa shape index (κ3) is 4.36. The molecule has 0 atom stereocenters. The topological polar surface area (TPSA) is 34.2 Å². The number of rotatable bonds is 5. The highest BCUT2D eigenvalue weighted by atomic mass is 32.1. The summed E-state index contributed by atoms with van der Waals surface area (Å²) >= 11 is 1.69. The predicted octanol–water partition coefficient (Wildman–Crippen LogP) is 2.13. The molecule has 0 aromatic carbocycles. The lowest BCUT2D eigenvalue weighted by Crippen LogP contribution is -2.16. The van der Waals surface area contributed by atoms with E-state index in [1.54, 1.807) is 11.3 Å². The number of aryl methyl sites for hydroxylation is 1. The van der Waals surface area contributed by atoms with Gasteiger partial charge in [0.15, 0.2) is 0 Å². The number of aromatic nitrogens is 1. The van der Waals surface area contributed by atoms with Crippen molar-refractivity contribution in [1.29, 1.82) is 0 Å². The quantitative estimate of drug-likeness (QED) is 0.584. The second-order valence-corrected chi connectivity index (χ2v) is 4.69. The van der Waals surface area contributed by atoms with Crippen LogP contribution in [0, 0.1) is 12.8 Å². The number of nitrogens with zero attached hydrogens (tertiary/aromatic N) is 1. The maximum Gasteiger partial charge on any atom is 0.0897 e. The molecule has 74 valence electrons. The minimum Gasteiger partial charge on any atom is -0.301 e. The molecular formula is C9H16N2OS. The van der Waals surface area contributed by atoms with Crippen molar-refractivity contribution >= 4 is 11.3 Å². The molecule has 1 heterocycles. The van der Waals surface area contributed by atoms with E-state index in [9.17, 15) is 0 Å². The van der Waals surface area contributed by atoms with E-state index in [1.165, 1.54) is 4.88 Å². The van der Waals surface area contributed by atoms with Gasteiger partial charge in [0, 0.05) is 11.1 Å². The lowest BCUT2D eigenvalue weighted by Gasteiger charge is -2.05. The summed E-state index contributed by atoms with van der Waals surface area (Å²) in [5.41, 5.74) is 2.92. The van der Waals surface area contributed by atoms with Crippen LogP contribution in [0.1, 0.15) is 23.7 Å². The minimum atomic E-state index is 0.565. The van der Waals surface area contributed by atoms with Gasteiger partial charge in [-0.05, 0) is 12.8 Å². The Bertz CT molecular complexity index is 248.